The molecular weight excluding hydrogens is 186 g/mol. The standard InChI is InChI=1S/C12H25NSi/c1-11(2)13(12-7-3-4-8-12)14-9-5-6-10-14/h11-12,14H,3-10H2,1-2H3. The molecule has 0 unspecified atom stereocenters. The van der Waals surface area contributed by atoms with E-state index in [0.717, 1.165) is 12.1 Å². The van der Waals surface area contributed by atoms with Gasteiger partial charge in [0.1, 0.15) is 8.96 Å². The summed E-state index contributed by atoms with van der Waals surface area (Å²) in [5, 5.41) is 0. The molecule has 0 N–H and O–H groups in total. The van der Waals surface area contributed by atoms with Crippen LogP contribution in [0.2, 0.25) is 12.1 Å². The van der Waals surface area contributed by atoms with E-state index >= 15 is 0 Å². The molecule has 1 heterocycles. The van der Waals surface area contributed by atoms with Crippen LogP contribution in [-0.2, 0) is 0 Å². The van der Waals surface area contributed by atoms with Gasteiger partial charge < -0.3 is 4.57 Å². The molecule has 2 fully saturated rings. The van der Waals surface area contributed by atoms with Gasteiger partial charge in [0.25, 0.3) is 0 Å². The molecule has 1 saturated carbocycles. The van der Waals surface area contributed by atoms with Crippen LogP contribution in [0, 0.1) is 0 Å². The highest BCUT2D eigenvalue weighted by molar-refractivity contribution is 6.56. The third-order valence-corrected chi connectivity index (χ3v) is 8.10. The van der Waals surface area contributed by atoms with Gasteiger partial charge in [0.2, 0.25) is 0 Å². The van der Waals surface area contributed by atoms with Crippen LogP contribution in [0.4, 0.5) is 0 Å². The van der Waals surface area contributed by atoms with Crippen molar-refractivity contribution in [3.05, 3.63) is 0 Å². The maximum Gasteiger partial charge on any atom is 0.112 e. The van der Waals surface area contributed by atoms with Crippen molar-refractivity contribution >= 4 is 8.96 Å². The van der Waals surface area contributed by atoms with Crippen molar-refractivity contribution in [3.63, 3.8) is 0 Å². The highest BCUT2D eigenvalue weighted by Gasteiger charge is 2.32. The fourth-order valence-corrected chi connectivity index (χ4v) is 7.69. The van der Waals surface area contributed by atoms with Crippen molar-refractivity contribution in [1.82, 2.24) is 4.57 Å². The second-order valence-electron chi connectivity index (χ2n) is 5.42. The van der Waals surface area contributed by atoms with Gasteiger partial charge in [-0.1, -0.05) is 39.5 Å². The molecule has 0 atom stereocenters. The van der Waals surface area contributed by atoms with Crippen LogP contribution in [0.25, 0.3) is 0 Å². The smallest absolute Gasteiger partial charge is 0.112 e. The van der Waals surface area contributed by atoms with Crippen LogP contribution in [0.3, 0.4) is 0 Å². The average Bonchev–Trinajstić information content (AvgIpc) is 2.75. The van der Waals surface area contributed by atoms with E-state index in [2.05, 4.69) is 18.4 Å². The zero-order valence-electron chi connectivity index (χ0n) is 9.84. The third kappa shape index (κ3) is 2.22. The SMILES string of the molecule is CC(C)N(C1CCCC1)[SiH]1CCCC1. The second-order valence-corrected chi connectivity index (χ2v) is 8.48. The van der Waals surface area contributed by atoms with Crippen LogP contribution >= 0.6 is 0 Å². The molecule has 2 heteroatoms. The summed E-state index contributed by atoms with van der Waals surface area (Å²) in [5.41, 5.74) is 0. The van der Waals surface area contributed by atoms with Crippen LogP contribution in [0.1, 0.15) is 52.4 Å². The first-order chi connectivity index (χ1) is 6.79. The first-order valence-corrected chi connectivity index (χ1v) is 8.71. The summed E-state index contributed by atoms with van der Waals surface area (Å²) in [7, 11) is -0.474. The minimum atomic E-state index is -0.474. The summed E-state index contributed by atoms with van der Waals surface area (Å²) >= 11 is 0. The largest absolute Gasteiger partial charge is 0.321 e. The molecule has 0 aromatic heterocycles. The second kappa shape index (κ2) is 4.80. The predicted molar refractivity (Wildman–Crippen MR) is 65.2 cm³/mol. The van der Waals surface area contributed by atoms with E-state index in [-0.39, 0.29) is 0 Å². The van der Waals surface area contributed by atoms with E-state index in [1.165, 1.54) is 38.5 Å². The fraction of sp³-hybridized carbons (Fsp3) is 1.00. The lowest BCUT2D eigenvalue weighted by Gasteiger charge is -2.37. The molecule has 2 aliphatic rings. The molecule has 0 aromatic carbocycles. The highest BCUT2D eigenvalue weighted by Crippen LogP contribution is 2.31. The van der Waals surface area contributed by atoms with E-state index in [1.54, 1.807) is 12.1 Å². The Labute approximate surface area is 90.6 Å². The number of hydrogen-bond donors (Lipinski definition) is 0. The van der Waals surface area contributed by atoms with Crippen LogP contribution < -0.4 is 0 Å². The quantitative estimate of drug-likeness (QED) is 0.648. The van der Waals surface area contributed by atoms with Gasteiger partial charge in [0.15, 0.2) is 0 Å². The third-order valence-electron chi connectivity index (χ3n) is 4.09. The van der Waals surface area contributed by atoms with Gasteiger partial charge in [-0.25, -0.2) is 0 Å². The number of rotatable bonds is 3. The molecule has 1 nitrogen and oxygen atoms in total. The minimum absolute atomic E-state index is 0.474. The normalized spacial score (nSPS) is 25.7. The van der Waals surface area contributed by atoms with E-state index in [4.69, 9.17) is 0 Å². The molecule has 14 heavy (non-hydrogen) atoms. The van der Waals surface area contributed by atoms with Gasteiger partial charge in [-0.2, -0.15) is 0 Å². The molecule has 1 aliphatic carbocycles. The van der Waals surface area contributed by atoms with Gasteiger partial charge in [-0.05, 0) is 31.0 Å². The van der Waals surface area contributed by atoms with Crippen molar-refractivity contribution in [3.8, 4) is 0 Å². The maximum absolute atomic E-state index is 2.99. The van der Waals surface area contributed by atoms with E-state index in [9.17, 15) is 0 Å². The zero-order valence-corrected chi connectivity index (χ0v) is 11.0. The minimum Gasteiger partial charge on any atom is -0.321 e. The Morgan fingerprint density at radius 2 is 1.57 bits per heavy atom. The molecule has 0 bridgehead atoms. The Morgan fingerprint density at radius 1 is 1.00 bits per heavy atom. The Morgan fingerprint density at radius 3 is 2.07 bits per heavy atom. The molecule has 82 valence electrons. The first kappa shape index (κ1) is 10.7. The maximum atomic E-state index is 2.99. The highest BCUT2D eigenvalue weighted by atomic mass is 28.3. The van der Waals surface area contributed by atoms with Crippen molar-refractivity contribution in [2.24, 2.45) is 0 Å². The van der Waals surface area contributed by atoms with E-state index < -0.39 is 8.96 Å². The Bertz CT molecular complexity index is 153. The van der Waals surface area contributed by atoms with Crippen LogP contribution in [0.15, 0.2) is 0 Å². The summed E-state index contributed by atoms with van der Waals surface area (Å²) < 4.78 is 2.99. The fourth-order valence-electron chi connectivity index (χ4n) is 3.55. The Hall–Kier alpha value is 0.177. The predicted octanol–water partition coefficient (Wildman–Crippen LogP) is 3.16. The Balaban J connectivity index is 1.98. The van der Waals surface area contributed by atoms with Crippen molar-refractivity contribution in [1.29, 1.82) is 0 Å². The average molecular weight is 211 g/mol. The lowest BCUT2D eigenvalue weighted by atomic mass is 10.2. The summed E-state index contributed by atoms with van der Waals surface area (Å²) in [6, 6.07) is 5.03. The lowest BCUT2D eigenvalue weighted by Crippen LogP contribution is -2.47. The molecule has 0 amide bonds. The zero-order chi connectivity index (χ0) is 9.97. The van der Waals surface area contributed by atoms with Crippen molar-refractivity contribution < 1.29 is 0 Å². The summed E-state index contributed by atoms with van der Waals surface area (Å²) in [5.74, 6) is 0. The summed E-state index contributed by atoms with van der Waals surface area (Å²) in [4.78, 5) is 0. The van der Waals surface area contributed by atoms with Crippen LogP contribution in [-0.4, -0.2) is 25.6 Å². The monoisotopic (exact) mass is 211 g/mol. The number of nitrogens with zero attached hydrogens (tertiary/aromatic N) is 1. The van der Waals surface area contributed by atoms with Crippen LogP contribution in [0.5, 0.6) is 0 Å². The Kier molecular flexibility index (Phi) is 3.66. The molecular formula is C12H25NSi. The number of hydrogen-bond acceptors (Lipinski definition) is 1. The molecule has 0 spiro atoms. The van der Waals surface area contributed by atoms with Crippen molar-refractivity contribution in [2.45, 2.75) is 76.5 Å². The van der Waals surface area contributed by atoms with Gasteiger partial charge in [0, 0.05) is 6.04 Å². The summed E-state index contributed by atoms with van der Waals surface area (Å²) in [6.45, 7) is 4.84. The van der Waals surface area contributed by atoms with Gasteiger partial charge in [-0.15, -0.1) is 0 Å². The topological polar surface area (TPSA) is 3.24 Å². The van der Waals surface area contributed by atoms with Gasteiger partial charge >= 0.3 is 0 Å². The molecule has 0 radical (unpaired) electrons. The van der Waals surface area contributed by atoms with E-state index in [0.29, 0.717) is 0 Å². The molecule has 0 aromatic rings. The van der Waals surface area contributed by atoms with Gasteiger partial charge in [-0.3, -0.25) is 0 Å². The molecule has 2 rings (SSSR count). The lowest BCUT2D eigenvalue weighted by molar-refractivity contribution is 0.274. The first-order valence-electron chi connectivity index (χ1n) is 6.56. The summed E-state index contributed by atoms with van der Waals surface area (Å²) in [6.07, 6.45) is 9.06. The molecule has 1 aliphatic heterocycles. The van der Waals surface area contributed by atoms with Crippen molar-refractivity contribution in [2.75, 3.05) is 0 Å². The molecule has 1 saturated heterocycles. The van der Waals surface area contributed by atoms with Gasteiger partial charge in [0.05, 0.1) is 0 Å². The van der Waals surface area contributed by atoms with E-state index in [1.807, 2.05) is 0 Å².